The number of carbonyl (C=O) groups excluding carboxylic acids is 1. The first-order valence-corrected chi connectivity index (χ1v) is 7.49. The molecule has 2 aliphatic heterocycles. The van der Waals surface area contributed by atoms with Crippen molar-refractivity contribution in [2.24, 2.45) is 0 Å². The first kappa shape index (κ1) is 12.9. The number of amides is 1. The Morgan fingerprint density at radius 1 is 1.42 bits per heavy atom. The molecule has 1 aromatic carbocycles. The Labute approximate surface area is 121 Å². The first-order valence-electron chi connectivity index (χ1n) is 6.69. The summed E-state index contributed by atoms with van der Waals surface area (Å²) < 4.78 is 1.05. The van der Waals surface area contributed by atoms with Gasteiger partial charge in [-0.25, -0.2) is 0 Å². The van der Waals surface area contributed by atoms with Crippen LogP contribution < -0.4 is 15.1 Å². The topological polar surface area (TPSA) is 35.6 Å². The highest BCUT2D eigenvalue weighted by Crippen LogP contribution is 2.35. The van der Waals surface area contributed by atoms with Gasteiger partial charge in [0.1, 0.15) is 0 Å². The molecule has 4 nitrogen and oxygen atoms in total. The lowest BCUT2D eigenvalue weighted by molar-refractivity contribution is -0.117. The van der Waals surface area contributed by atoms with Crippen LogP contribution in [0.5, 0.6) is 0 Å². The molecular weight excluding hydrogens is 306 g/mol. The molecule has 2 aliphatic rings. The summed E-state index contributed by atoms with van der Waals surface area (Å²) in [6.07, 6.45) is 2.43. The summed E-state index contributed by atoms with van der Waals surface area (Å²) in [5, 5.41) is 3.50. The van der Waals surface area contributed by atoms with Gasteiger partial charge in [0.15, 0.2) is 0 Å². The zero-order valence-electron chi connectivity index (χ0n) is 11.0. The van der Waals surface area contributed by atoms with E-state index in [0.29, 0.717) is 12.6 Å². The van der Waals surface area contributed by atoms with E-state index in [4.69, 9.17) is 0 Å². The monoisotopic (exact) mass is 323 g/mol. The summed E-state index contributed by atoms with van der Waals surface area (Å²) in [5.41, 5.74) is 2.14. The average Bonchev–Trinajstić information content (AvgIpc) is 2.88. The number of fused-ring (bicyclic) bond motifs is 1. The molecule has 0 aromatic heterocycles. The van der Waals surface area contributed by atoms with E-state index >= 15 is 0 Å². The Morgan fingerprint density at radius 2 is 2.26 bits per heavy atom. The minimum atomic E-state index is 0.160. The normalized spacial score (nSPS) is 22.8. The Bertz CT molecular complexity index is 499. The van der Waals surface area contributed by atoms with Gasteiger partial charge in [-0.3, -0.25) is 4.79 Å². The number of anilines is 2. The van der Waals surface area contributed by atoms with E-state index in [2.05, 4.69) is 32.2 Å². The Morgan fingerprint density at radius 3 is 3.00 bits per heavy atom. The first-order chi connectivity index (χ1) is 9.15. The minimum absolute atomic E-state index is 0.160. The van der Waals surface area contributed by atoms with Crippen molar-refractivity contribution in [3.63, 3.8) is 0 Å². The van der Waals surface area contributed by atoms with Gasteiger partial charge >= 0.3 is 0 Å². The van der Waals surface area contributed by atoms with Gasteiger partial charge in [0.05, 0.1) is 17.9 Å². The molecule has 0 spiro atoms. The van der Waals surface area contributed by atoms with Crippen molar-refractivity contribution >= 4 is 33.2 Å². The number of rotatable bonds is 2. The number of nitrogens with one attached hydrogen (secondary N) is 1. The van der Waals surface area contributed by atoms with Gasteiger partial charge in [0.25, 0.3) is 0 Å². The smallest absolute Gasteiger partial charge is 0.246 e. The summed E-state index contributed by atoms with van der Waals surface area (Å²) in [4.78, 5) is 16.0. The molecule has 2 heterocycles. The van der Waals surface area contributed by atoms with Crippen molar-refractivity contribution in [2.75, 3.05) is 36.5 Å². The van der Waals surface area contributed by atoms with Crippen molar-refractivity contribution in [3.05, 3.63) is 22.7 Å². The third-order valence-electron chi connectivity index (χ3n) is 3.94. The molecule has 0 saturated carbocycles. The second kappa shape index (κ2) is 5.13. The van der Waals surface area contributed by atoms with Gasteiger partial charge in [0, 0.05) is 24.1 Å². The highest BCUT2D eigenvalue weighted by Gasteiger charge is 2.29. The Hall–Kier alpha value is -1.07. The van der Waals surface area contributed by atoms with Crippen molar-refractivity contribution in [1.82, 2.24) is 5.32 Å². The van der Waals surface area contributed by atoms with Crippen LogP contribution in [0.15, 0.2) is 22.7 Å². The number of carbonyl (C=O) groups is 1. The average molecular weight is 324 g/mol. The largest absolute Gasteiger partial charge is 0.359 e. The number of likely N-dealkylation sites (N-methyl/N-ethyl adjacent to an activating group) is 1. The number of hydrogen-bond acceptors (Lipinski definition) is 3. The van der Waals surface area contributed by atoms with E-state index in [1.54, 1.807) is 4.90 Å². The standard InChI is InChI=1S/C14H18BrN3O/c1-17-12-5-4-10(15)7-13(12)18(9-14(17)19)8-11-3-2-6-16-11/h4-5,7,11,16H,2-3,6,8-9H2,1H3. The van der Waals surface area contributed by atoms with E-state index in [0.717, 1.165) is 28.9 Å². The number of halogens is 1. The lowest BCUT2D eigenvalue weighted by atomic mass is 10.1. The van der Waals surface area contributed by atoms with Crippen LogP contribution in [0.3, 0.4) is 0 Å². The van der Waals surface area contributed by atoms with Crippen LogP contribution in [0.4, 0.5) is 11.4 Å². The summed E-state index contributed by atoms with van der Waals surface area (Å²) in [6, 6.07) is 6.60. The molecule has 1 N–H and O–H groups in total. The van der Waals surface area contributed by atoms with Crippen molar-refractivity contribution in [2.45, 2.75) is 18.9 Å². The molecule has 1 aromatic rings. The molecule has 1 saturated heterocycles. The summed E-state index contributed by atoms with van der Waals surface area (Å²) >= 11 is 3.52. The zero-order chi connectivity index (χ0) is 13.4. The SMILES string of the molecule is CN1C(=O)CN(CC2CCCN2)c2cc(Br)ccc21. The van der Waals surface area contributed by atoms with Crippen molar-refractivity contribution < 1.29 is 4.79 Å². The van der Waals surface area contributed by atoms with Crippen LogP contribution in [0.2, 0.25) is 0 Å². The summed E-state index contributed by atoms with van der Waals surface area (Å²) in [6.45, 7) is 2.47. The molecule has 0 bridgehead atoms. The van der Waals surface area contributed by atoms with Gasteiger partial charge in [0.2, 0.25) is 5.91 Å². The fraction of sp³-hybridized carbons (Fsp3) is 0.500. The number of benzene rings is 1. The van der Waals surface area contributed by atoms with Gasteiger partial charge < -0.3 is 15.1 Å². The molecule has 1 unspecified atom stereocenters. The molecule has 1 atom stereocenters. The molecule has 1 fully saturated rings. The maximum atomic E-state index is 12.1. The summed E-state index contributed by atoms with van der Waals surface area (Å²) in [5.74, 6) is 0.160. The summed E-state index contributed by atoms with van der Waals surface area (Å²) in [7, 11) is 1.85. The zero-order valence-corrected chi connectivity index (χ0v) is 12.6. The minimum Gasteiger partial charge on any atom is -0.359 e. The fourth-order valence-electron chi connectivity index (χ4n) is 2.86. The molecule has 0 radical (unpaired) electrons. The van der Waals surface area contributed by atoms with Crippen LogP contribution in [0.1, 0.15) is 12.8 Å². The van der Waals surface area contributed by atoms with Crippen LogP contribution >= 0.6 is 15.9 Å². The van der Waals surface area contributed by atoms with E-state index in [9.17, 15) is 4.79 Å². The van der Waals surface area contributed by atoms with Crippen LogP contribution in [-0.2, 0) is 4.79 Å². The highest BCUT2D eigenvalue weighted by molar-refractivity contribution is 9.10. The highest BCUT2D eigenvalue weighted by atomic mass is 79.9. The van der Waals surface area contributed by atoms with Crippen molar-refractivity contribution in [3.8, 4) is 0 Å². The van der Waals surface area contributed by atoms with Crippen LogP contribution in [0, 0.1) is 0 Å². The maximum Gasteiger partial charge on any atom is 0.246 e. The second-order valence-corrected chi connectivity index (χ2v) is 6.18. The van der Waals surface area contributed by atoms with Gasteiger partial charge in [-0.15, -0.1) is 0 Å². The lowest BCUT2D eigenvalue weighted by Gasteiger charge is -2.37. The number of nitrogens with zero attached hydrogens (tertiary/aromatic N) is 2. The molecule has 0 aliphatic carbocycles. The van der Waals surface area contributed by atoms with Crippen LogP contribution in [-0.4, -0.2) is 38.6 Å². The third kappa shape index (κ3) is 2.49. The molecule has 5 heteroatoms. The second-order valence-electron chi connectivity index (χ2n) is 5.26. The van der Waals surface area contributed by atoms with E-state index in [-0.39, 0.29) is 5.91 Å². The molecular formula is C14H18BrN3O. The molecule has 1 amide bonds. The quantitative estimate of drug-likeness (QED) is 0.904. The predicted molar refractivity (Wildman–Crippen MR) is 80.8 cm³/mol. The predicted octanol–water partition coefficient (Wildman–Crippen LogP) is 1.98. The van der Waals surface area contributed by atoms with Crippen molar-refractivity contribution in [1.29, 1.82) is 0 Å². The molecule has 102 valence electrons. The van der Waals surface area contributed by atoms with Gasteiger partial charge in [-0.1, -0.05) is 15.9 Å². The van der Waals surface area contributed by atoms with Crippen LogP contribution in [0.25, 0.3) is 0 Å². The Kier molecular flexibility index (Phi) is 3.50. The lowest BCUT2D eigenvalue weighted by Crippen LogP contribution is -2.48. The Balaban J connectivity index is 1.90. The maximum absolute atomic E-state index is 12.1. The van der Waals surface area contributed by atoms with E-state index in [1.807, 2.05) is 19.2 Å². The fourth-order valence-corrected chi connectivity index (χ4v) is 3.21. The van der Waals surface area contributed by atoms with E-state index < -0.39 is 0 Å². The van der Waals surface area contributed by atoms with Gasteiger partial charge in [-0.2, -0.15) is 0 Å². The third-order valence-corrected chi connectivity index (χ3v) is 4.44. The molecule has 3 rings (SSSR count). The molecule has 19 heavy (non-hydrogen) atoms. The van der Waals surface area contributed by atoms with E-state index in [1.165, 1.54) is 12.8 Å². The van der Waals surface area contributed by atoms with Gasteiger partial charge in [-0.05, 0) is 37.6 Å². The number of hydrogen-bond donors (Lipinski definition) is 1.